The number of nitrogens with zero attached hydrogens (tertiary/aromatic N) is 3. The second-order valence-corrected chi connectivity index (χ2v) is 4.27. The Bertz CT molecular complexity index is 347. The molecular weight excluding hydrogens is 260 g/mol. The molecule has 0 bridgehead atoms. The first-order valence-corrected chi connectivity index (χ1v) is 6.93. The number of aliphatic hydroxyl groups excluding tert-OH is 2. The fourth-order valence-electron chi connectivity index (χ4n) is 1.52. The van der Waals surface area contributed by atoms with Crippen LogP contribution in [0.3, 0.4) is 0 Å². The van der Waals surface area contributed by atoms with Crippen molar-refractivity contribution in [3.63, 3.8) is 0 Å². The van der Waals surface area contributed by atoms with Gasteiger partial charge in [0, 0.05) is 33.4 Å². The first-order valence-electron chi connectivity index (χ1n) is 6.93. The fraction of sp³-hybridized carbons (Fsp3) is 0.750. The van der Waals surface area contributed by atoms with Gasteiger partial charge in [0.05, 0.1) is 0 Å². The van der Waals surface area contributed by atoms with E-state index >= 15 is 0 Å². The van der Waals surface area contributed by atoms with Crippen LogP contribution in [0.1, 0.15) is 25.7 Å². The number of aromatic nitrogens is 3. The Morgan fingerprint density at radius 2 is 1.20 bits per heavy atom. The average Bonchev–Trinajstić information content (AvgIpc) is 2.48. The summed E-state index contributed by atoms with van der Waals surface area (Å²) in [6.45, 7) is 1.80. The van der Waals surface area contributed by atoms with Crippen molar-refractivity contribution < 1.29 is 10.2 Å². The van der Waals surface area contributed by atoms with Gasteiger partial charge in [0.15, 0.2) is 0 Å². The smallest absolute Gasteiger partial charge is 0.229 e. The summed E-state index contributed by atoms with van der Waals surface area (Å²) in [6.07, 6.45) is 3.22. The third kappa shape index (κ3) is 6.48. The van der Waals surface area contributed by atoms with Crippen molar-refractivity contribution in [3.8, 4) is 0 Å². The van der Waals surface area contributed by atoms with Gasteiger partial charge in [-0.15, -0.1) is 0 Å². The molecule has 0 aliphatic heterocycles. The van der Waals surface area contributed by atoms with Crippen LogP contribution < -0.4 is 16.0 Å². The number of rotatable bonds is 11. The van der Waals surface area contributed by atoms with E-state index in [1.807, 2.05) is 0 Å². The molecule has 0 radical (unpaired) electrons. The van der Waals surface area contributed by atoms with Crippen LogP contribution in [0.4, 0.5) is 17.8 Å². The Balaban J connectivity index is 2.51. The highest BCUT2D eigenvalue weighted by Crippen LogP contribution is 2.09. The lowest BCUT2D eigenvalue weighted by molar-refractivity contribution is 0.286. The maximum absolute atomic E-state index is 8.72. The Morgan fingerprint density at radius 3 is 1.60 bits per heavy atom. The molecule has 0 aliphatic carbocycles. The summed E-state index contributed by atoms with van der Waals surface area (Å²) in [5.41, 5.74) is 0. The maximum Gasteiger partial charge on any atom is 0.229 e. The SMILES string of the molecule is CNc1nc(NCCCCO)nc(NCCCCO)n1. The molecule has 0 aromatic carbocycles. The summed E-state index contributed by atoms with van der Waals surface area (Å²) in [5.74, 6) is 1.51. The van der Waals surface area contributed by atoms with E-state index in [0.717, 1.165) is 25.7 Å². The molecule has 8 nitrogen and oxygen atoms in total. The zero-order valence-electron chi connectivity index (χ0n) is 11.9. The zero-order chi connectivity index (χ0) is 14.6. The van der Waals surface area contributed by atoms with Gasteiger partial charge in [-0.3, -0.25) is 0 Å². The molecule has 0 unspecified atom stereocenters. The van der Waals surface area contributed by atoms with Crippen molar-refractivity contribution in [2.75, 3.05) is 49.3 Å². The lowest BCUT2D eigenvalue weighted by Crippen LogP contribution is -2.13. The molecule has 0 fully saturated rings. The summed E-state index contributed by atoms with van der Waals surface area (Å²) in [6, 6.07) is 0. The van der Waals surface area contributed by atoms with Crippen molar-refractivity contribution in [1.82, 2.24) is 15.0 Å². The van der Waals surface area contributed by atoms with Gasteiger partial charge in [0.2, 0.25) is 17.8 Å². The van der Waals surface area contributed by atoms with Crippen molar-refractivity contribution >= 4 is 17.8 Å². The molecule has 0 amide bonds. The Hall–Kier alpha value is -1.67. The summed E-state index contributed by atoms with van der Waals surface area (Å²) >= 11 is 0. The highest BCUT2D eigenvalue weighted by Gasteiger charge is 2.04. The molecule has 0 saturated heterocycles. The summed E-state index contributed by atoms with van der Waals surface area (Å²) in [7, 11) is 1.75. The lowest BCUT2D eigenvalue weighted by atomic mass is 10.3. The van der Waals surface area contributed by atoms with Gasteiger partial charge >= 0.3 is 0 Å². The number of nitrogens with one attached hydrogen (secondary N) is 3. The summed E-state index contributed by atoms with van der Waals surface area (Å²) in [5, 5.41) is 26.5. The minimum absolute atomic E-state index is 0.193. The van der Waals surface area contributed by atoms with E-state index < -0.39 is 0 Å². The molecule has 1 heterocycles. The van der Waals surface area contributed by atoms with Crippen LogP contribution in [0.5, 0.6) is 0 Å². The van der Waals surface area contributed by atoms with E-state index in [4.69, 9.17) is 10.2 Å². The molecular formula is C12H24N6O2. The van der Waals surface area contributed by atoms with Gasteiger partial charge in [0.1, 0.15) is 0 Å². The Morgan fingerprint density at radius 1 is 0.750 bits per heavy atom. The number of aliphatic hydroxyl groups is 2. The lowest BCUT2D eigenvalue weighted by Gasteiger charge is -2.09. The molecule has 1 rings (SSSR count). The number of hydrogen-bond donors (Lipinski definition) is 5. The molecule has 1 aromatic heterocycles. The second-order valence-electron chi connectivity index (χ2n) is 4.27. The molecule has 1 aromatic rings. The molecule has 0 spiro atoms. The van der Waals surface area contributed by atoms with E-state index in [0.29, 0.717) is 30.9 Å². The molecule has 0 saturated carbocycles. The molecule has 0 aliphatic rings. The number of anilines is 3. The van der Waals surface area contributed by atoms with Gasteiger partial charge in [-0.1, -0.05) is 0 Å². The van der Waals surface area contributed by atoms with Crippen LogP contribution in [0, 0.1) is 0 Å². The van der Waals surface area contributed by atoms with Gasteiger partial charge < -0.3 is 26.2 Å². The van der Waals surface area contributed by atoms with Crippen molar-refractivity contribution in [3.05, 3.63) is 0 Å². The largest absolute Gasteiger partial charge is 0.396 e. The predicted molar refractivity (Wildman–Crippen MR) is 79.0 cm³/mol. The third-order valence-corrected chi connectivity index (χ3v) is 2.60. The molecule has 114 valence electrons. The molecule has 0 atom stereocenters. The van der Waals surface area contributed by atoms with Crippen LogP contribution in [-0.2, 0) is 0 Å². The van der Waals surface area contributed by atoms with Crippen molar-refractivity contribution in [1.29, 1.82) is 0 Å². The number of hydrogen-bond acceptors (Lipinski definition) is 8. The van der Waals surface area contributed by atoms with Crippen LogP contribution in [-0.4, -0.2) is 58.5 Å². The highest BCUT2D eigenvalue weighted by molar-refractivity contribution is 5.41. The molecule has 20 heavy (non-hydrogen) atoms. The van der Waals surface area contributed by atoms with Crippen LogP contribution in [0.2, 0.25) is 0 Å². The van der Waals surface area contributed by atoms with Gasteiger partial charge in [0.25, 0.3) is 0 Å². The van der Waals surface area contributed by atoms with Gasteiger partial charge in [-0.2, -0.15) is 15.0 Å². The number of unbranched alkanes of at least 4 members (excludes halogenated alkanes) is 2. The molecule has 8 heteroatoms. The van der Waals surface area contributed by atoms with E-state index in [1.54, 1.807) is 7.05 Å². The van der Waals surface area contributed by atoms with E-state index in [1.165, 1.54) is 0 Å². The van der Waals surface area contributed by atoms with Crippen LogP contribution in [0.15, 0.2) is 0 Å². The molecule has 5 N–H and O–H groups in total. The monoisotopic (exact) mass is 284 g/mol. The van der Waals surface area contributed by atoms with Crippen molar-refractivity contribution in [2.45, 2.75) is 25.7 Å². The minimum Gasteiger partial charge on any atom is -0.396 e. The Labute approximate surface area is 119 Å². The first kappa shape index (κ1) is 16.4. The Kier molecular flexibility index (Phi) is 8.32. The standard InChI is InChI=1S/C12H24N6O2/c1-13-10-16-11(14-6-2-4-8-19)18-12(17-10)15-7-3-5-9-20/h19-20H,2-9H2,1H3,(H3,13,14,15,16,17,18). The normalized spacial score (nSPS) is 10.3. The quantitative estimate of drug-likeness (QED) is 0.368. The van der Waals surface area contributed by atoms with Crippen molar-refractivity contribution in [2.24, 2.45) is 0 Å². The summed E-state index contributed by atoms with van der Waals surface area (Å²) in [4.78, 5) is 12.7. The van der Waals surface area contributed by atoms with Crippen LogP contribution >= 0.6 is 0 Å². The first-order chi connectivity index (χ1) is 9.80. The van der Waals surface area contributed by atoms with Gasteiger partial charge in [-0.25, -0.2) is 0 Å². The van der Waals surface area contributed by atoms with Crippen LogP contribution in [0.25, 0.3) is 0 Å². The fourth-order valence-corrected chi connectivity index (χ4v) is 1.52. The topological polar surface area (TPSA) is 115 Å². The van der Waals surface area contributed by atoms with E-state index in [-0.39, 0.29) is 13.2 Å². The zero-order valence-corrected chi connectivity index (χ0v) is 11.9. The maximum atomic E-state index is 8.72. The highest BCUT2D eigenvalue weighted by atomic mass is 16.3. The van der Waals surface area contributed by atoms with E-state index in [2.05, 4.69) is 30.9 Å². The second kappa shape index (κ2) is 10.2. The average molecular weight is 284 g/mol. The predicted octanol–water partition coefficient (Wildman–Crippen LogP) is 0.282. The third-order valence-electron chi connectivity index (χ3n) is 2.60. The minimum atomic E-state index is 0.193. The van der Waals surface area contributed by atoms with E-state index in [9.17, 15) is 0 Å². The van der Waals surface area contributed by atoms with Gasteiger partial charge in [-0.05, 0) is 25.7 Å². The summed E-state index contributed by atoms with van der Waals surface area (Å²) < 4.78 is 0.